The van der Waals surface area contributed by atoms with Crippen molar-refractivity contribution in [1.82, 2.24) is 10.2 Å². The summed E-state index contributed by atoms with van der Waals surface area (Å²) in [5.41, 5.74) is 2.28. The number of urea groups is 1. The zero-order valence-electron chi connectivity index (χ0n) is 14.4. The van der Waals surface area contributed by atoms with E-state index in [9.17, 15) is 9.59 Å². The molecule has 1 N–H and O–H groups in total. The number of nitrogens with one attached hydrogen (secondary N) is 1. The van der Waals surface area contributed by atoms with Crippen molar-refractivity contribution in [3.63, 3.8) is 0 Å². The first-order valence-corrected chi connectivity index (χ1v) is 8.78. The maximum absolute atomic E-state index is 12.8. The van der Waals surface area contributed by atoms with Crippen molar-refractivity contribution < 1.29 is 9.59 Å². The lowest BCUT2D eigenvalue weighted by molar-refractivity contribution is -0.111. The molecule has 1 atom stereocenters. The quantitative estimate of drug-likeness (QED) is 0.786. The lowest BCUT2D eigenvalue weighted by Gasteiger charge is -2.31. The minimum atomic E-state index is -0.464. The SMILES string of the molecule is CCN1C=C(C(=O)/C=C/c2ccc(Cl)cc2)[C@@H](c2ccccc2)NC1=O. The number of ketones is 1. The predicted molar refractivity (Wildman–Crippen MR) is 104 cm³/mol. The average Bonchev–Trinajstić information content (AvgIpc) is 2.67. The van der Waals surface area contributed by atoms with E-state index >= 15 is 0 Å². The van der Waals surface area contributed by atoms with E-state index in [0.717, 1.165) is 11.1 Å². The number of hydrogen-bond acceptors (Lipinski definition) is 2. The van der Waals surface area contributed by atoms with Gasteiger partial charge in [-0.15, -0.1) is 0 Å². The summed E-state index contributed by atoms with van der Waals surface area (Å²) in [6.45, 7) is 2.36. The number of carbonyl (C=O) groups excluding carboxylic acids is 2. The minimum Gasteiger partial charge on any atom is -0.327 e. The third-order valence-electron chi connectivity index (χ3n) is 4.19. The fourth-order valence-corrected chi connectivity index (χ4v) is 2.90. The van der Waals surface area contributed by atoms with E-state index in [4.69, 9.17) is 11.6 Å². The van der Waals surface area contributed by atoms with Crippen LogP contribution in [-0.2, 0) is 4.79 Å². The number of carbonyl (C=O) groups is 2. The van der Waals surface area contributed by atoms with Gasteiger partial charge in [0.2, 0.25) is 0 Å². The number of amides is 2. The summed E-state index contributed by atoms with van der Waals surface area (Å²) in [7, 11) is 0. The number of nitrogens with zero attached hydrogens (tertiary/aromatic N) is 1. The standard InChI is InChI=1S/C21H19ClN2O2/c1-2-24-14-18(19(25)13-10-15-8-11-17(22)12-9-15)20(23-21(24)26)16-6-4-3-5-7-16/h3-14,20H,2H2,1H3,(H,23,26)/b13-10+/t20-/m1/s1. The summed E-state index contributed by atoms with van der Waals surface area (Å²) in [6.07, 6.45) is 4.91. The molecule has 0 fully saturated rings. The van der Waals surface area contributed by atoms with E-state index in [-0.39, 0.29) is 11.8 Å². The van der Waals surface area contributed by atoms with E-state index in [1.54, 1.807) is 24.4 Å². The Hall–Kier alpha value is -2.85. The third kappa shape index (κ3) is 4.03. The van der Waals surface area contributed by atoms with Gasteiger partial charge < -0.3 is 10.2 Å². The Morgan fingerprint density at radius 2 is 1.85 bits per heavy atom. The van der Waals surface area contributed by atoms with Gasteiger partial charge in [0.05, 0.1) is 6.04 Å². The van der Waals surface area contributed by atoms with Gasteiger partial charge in [0.25, 0.3) is 0 Å². The molecular formula is C21H19ClN2O2. The molecule has 5 heteroatoms. The molecule has 2 amide bonds. The molecule has 0 unspecified atom stereocenters. The maximum Gasteiger partial charge on any atom is 0.322 e. The van der Waals surface area contributed by atoms with Crippen LogP contribution < -0.4 is 5.32 Å². The summed E-state index contributed by atoms with van der Waals surface area (Å²) in [4.78, 5) is 26.6. The van der Waals surface area contributed by atoms with Crippen molar-refractivity contribution in [2.24, 2.45) is 0 Å². The summed E-state index contributed by atoms with van der Waals surface area (Å²) in [5.74, 6) is -0.146. The first-order valence-electron chi connectivity index (χ1n) is 8.40. The summed E-state index contributed by atoms with van der Waals surface area (Å²) < 4.78 is 0. The number of halogens is 1. The van der Waals surface area contributed by atoms with Gasteiger partial charge in [0.1, 0.15) is 0 Å². The topological polar surface area (TPSA) is 49.4 Å². The van der Waals surface area contributed by atoms with E-state index in [1.807, 2.05) is 49.4 Å². The summed E-state index contributed by atoms with van der Waals surface area (Å²) >= 11 is 5.88. The van der Waals surface area contributed by atoms with Crippen molar-refractivity contribution in [3.8, 4) is 0 Å². The van der Waals surface area contributed by atoms with Crippen LogP contribution >= 0.6 is 11.6 Å². The molecular weight excluding hydrogens is 348 g/mol. The van der Waals surface area contributed by atoms with E-state index in [0.29, 0.717) is 17.1 Å². The molecule has 0 bridgehead atoms. The number of benzene rings is 2. The first kappa shape index (κ1) is 18.0. The van der Waals surface area contributed by atoms with Gasteiger partial charge in [-0.2, -0.15) is 0 Å². The molecule has 0 saturated heterocycles. The Balaban J connectivity index is 1.90. The van der Waals surface area contributed by atoms with Crippen LogP contribution in [0.3, 0.4) is 0 Å². The molecule has 0 aliphatic carbocycles. The van der Waals surface area contributed by atoms with Gasteiger partial charge >= 0.3 is 6.03 Å². The molecule has 1 aliphatic heterocycles. The Morgan fingerprint density at radius 3 is 2.50 bits per heavy atom. The van der Waals surface area contributed by atoms with Gasteiger partial charge in [-0.1, -0.05) is 60.1 Å². The number of allylic oxidation sites excluding steroid dienone is 1. The van der Waals surface area contributed by atoms with E-state index in [1.165, 1.54) is 11.0 Å². The number of hydrogen-bond donors (Lipinski definition) is 1. The lowest BCUT2D eigenvalue weighted by Crippen LogP contribution is -2.44. The predicted octanol–water partition coefficient (Wildman–Crippen LogP) is 4.59. The summed E-state index contributed by atoms with van der Waals surface area (Å²) in [6, 6.07) is 16.0. The zero-order valence-corrected chi connectivity index (χ0v) is 15.1. The van der Waals surface area contributed by atoms with Crippen LogP contribution in [0.4, 0.5) is 4.79 Å². The highest BCUT2D eigenvalue weighted by Gasteiger charge is 2.30. The van der Waals surface area contributed by atoms with Crippen LogP contribution in [-0.4, -0.2) is 23.3 Å². The highest BCUT2D eigenvalue weighted by atomic mass is 35.5. The van der Waals surface area contributed by atoms with Crippen molar-refractivity contribution in [2.75, 3.05) is 6.54 Å². The van der Waals surface area contributed by atoms with E-state index < -0.39 is 6.04 Å². The van der Waals surface area contributed by atoms with Gasteiger partial charge in [-0.3, -0.25) is 4.79 Å². The molecule has 132 valence electrons. The molecule has 0 radical (unpaired) electrons. The molecule has 1 heterocycles. The number of rotatable bonds is 5. The Morgan fingerprint density at radius 1 is 1.15 bits per heavy atom. The normalized spacial score (nSPS) is 17.2. The third-order valence-corrected chi connectivity index (χ3v) is 4.44. The molecule has 2 aromatic carbocycles. The van der Waals surface area contributed by atoms with Crippen molar-refractivity contribution in [3.05, 3.63) is 88.6 Å². The molecule has 26 heavy (non-hydrogen) atoms. The van der Waals surface area contributed by atoms with Crippen LogP contribution in [0.25, 0.3) is 6.08 Å². The molecule has 2 aromatic rings. The highest BCUT2D eigenvalue weighted by Crippen LogP contribution is 2.27. The molecule has 0 spiro atoms. The lowest BCUT2D eigenvalue weighted by atomic mass is 9.94. The van der Waals surface area contributed by atoms with Crippen molar-refractivity contribution in [1.29, 1.82) is 0 Å². The van der Waals surface area contributed by atoms with Crippen LogP contribution in [0.5, 0.6) is 0 Å². The van der Waals surface area contributed by atoms with Crippen LogP contribution in [0.1, 0.15) is 24.1 Å². The van der Waals surface area contributed by atoms with E-state index in [2.05, 4.69) is 5.32 Å². The monoisotopic (exact) mass is 366 g/mol. The van der Waals surface area contributed by atoms with Crippen LogP contribution in [0, 0.1) is 0 Å². The highest BCUT2D eigenvalue weighted by molar-refractivity contribution is 6.30. The Bertz CT molecular complexity index is 857. The second-order valence-corrected chi connectivity index (χ2v) is 6.35. The van der Waals surface area contributed by atoms with Crippen LogP contribution in [0.2, 0.25) is 5.02 Å². The van der Waals surface area contributed by atoms with Crippen LogP contribution in [0.15, 0.2) is 72.4 Å². The zero-order chi connectivity index (χ0) is 18.5. The van der Waals surface area contributed by atoms with Gasteiger partial charge in [-0.05, 0) is 36.3 Å². The maximum atomic E-state index is 12.8. The second-order valence-electron chi connectivity index (χ2n) is 5.91. The Labute approximate surface area is 157 Å². The average molecular weight is 367 g/mol. The van der Waals surface area contributed by atoms with Crippen molar-refractivity contribution >= 4 is 29.5 Å². The fourth-order valence-electron chi connectivity index (χ4n) is 2.78. The summed E-state index contributed by atoms with van der Waals surface area (Å²) in [5, 5.41) is 3.56. The van der Waals surface area contributed by atoms with Crippen molar-refractivity contribution in [2.45, 2.75) is 13.0 Å². The van der Waals surface area contributed by atoms with Gasteiger partial charge in [-0.25, -0.2) is 4.79 Å². The second kappa shape index (κ2) is 8.02. The fraction of sp³-hybridized carbons (Fsp3) is 0.143. The largest absolute Gasteiger partial charge is 0.327 e. The molecule has 1 aliphatic rings. The first-order chi connectivity index (χ1) is 12.6. The Kier molecular flexibility index (Phi) is 5.54. The molecule has 3 rings (SSSR count). The molecule has 0 saturated carbocycles. The van der Waals surface area contributed by atoms with Gasteiger partial charge in [0, 0.05) is 23.3 Å². The molecule has 0 aromatic heterocycles. The molecule has 4 nitrogen and oxygen atoms in total. The van der Waals surface area contributed by atoms with Gasteiger partial charge in [0.15, 0.2) is 5.78 Å². The smallest absolute Gasteiger partial charge is 0.322 e. The minimum absolute atomic E-state index is 0.146.